The average molecular weight is 589 g/mol. The van der Waals surface area contributed by atoms with Gasteiger partial charge in [0.25, 0.3) is 5.91 Å². The standard InChI is InChI=1S/C31H36N6O6/c1-18(2)12-25(37-23-7-4-8-27(42-3)21(23)14-24(37)29(33)39)31(41)36-22(13-20-6-5-11-34-30(20)40)26(38)17-43-28-10-9-19(15-32)16-35-28/h4,7-10,14,16,18,20,22,25H,5-6,11-13,17H2,1-3H3,(H2,33,39)(H,34,40)(H,36,41)/t20-,22-,25-/m0/s1. The first-order valence-electron chi connectivity index (χ1n) is 14.2. The fraction of sp³-hybridized carbons (Fsp3) is 0.419. The SMILES string of the molecule is COc1cccc2c1cc(C(N)=O)n2[C@@H](CC(C)C)C(=O)N[C@@H](C[C@@H]1CCCNC1=O)C(=O)COc1ccc(C#N)cn1. The van der Waals surface area contributed by atoms with Gasteiger partial charge in [-0.3, -0.25) is 19.2 Å². The number of amides is 3. The second-order valence-electron chi connectivity index (χ2n) is 11.0. The lowest BCUT2D eigenvalue weighted by Crippen LogP contribution is -2.49. The molecule has 2 aromatic heterocycles. The largest absolute Gasteiger partial charge is 0.496 e. The normalized spacial score (nSPS) is 16.2. The number of hydrogen-bond donors (Lipinski definition) is 3. The van der Waals surface area contributed by atoms with Gasteiger partial charge in [0.2, 0.25) is 17.7 Å². The van der Waals surface area contributed by atoms with Crippen molar-refractivity contribution in [1.29, 1.82) is 5.26 Å². The zero-order valence-corrected chi connectivity index (χ0v) is 24.5. The molecule has 12 heteroatoms. The highest BCUT2D eigenvalue weighted by Gasteiger charge is 2.34. The van der Waals surface area contributed by atoms with Crippen molar-refractivity contribution in [2.45, 2.75) is 51.6 Å². The van der Waals surface area contributed by atoms with Crippen LogP contribution in [0.1, 0.15) is 61.6 Å². The highest BCUT2D eigenvalue weighted by molar-refractivity contribution is 6.01. The number of carbonyl (C=O) groups is 4. The Kier molecular flexibility index (Phi) is 9.98. The van der Waals surface area contributed by atoms with Crippen molar-refractivity contribution in [2.24, 2.45) is 17.6 Å². The van der Waals surface area contributed by atoms with Gasteiger partial charge in [0.15, 0.2) is 12.4 Å². The molecule has 1 fully saturated rings. The number of fused-ring (bicyclic) bond motifs is 1. The van der Waals surface area contributed by atoms with Crippen LogP contribution in [-0.4, -0.2) is 59.4 Å². The molecule has 3 aromatic rings. The second-order valence-corrected chi connectivity index (χ2v) is 11.0. The number of rotatable bonds is 13. The van der Waals surface area contributed by atoms with Crippen molar-refractivity contribution in [3.05, 3.63) is 53.9 Å². The number of nitrogens with one attached hydrogen (secondary N) is 2. The minimum Gasteiger partial charge on any atom is -0.496 e. The Morgan fingerprint density at radius 1 is 1.26 bits per heavy atom. The minimum atomic E-state index is -1.05. The number of ketones is 1. The van der Waals surface area contributed by atoms with E-state index < -0.39 is 42.2 Å². The summed E-state index contributed by atoms with van der Waals surface area (Å²) in [5, 5.41) is 15.3. The molecule has 226 valence electrons. The first-order valence-corrected chi connectivity index (χ1v) is 14.2. The number of methoxy groups -OCH3 is 1. The number of nitriles is 1. The fourth-order valence-corrected chi connectivity index (χ4v) is 5.36. The maximum Gasteiger partial charge on any atom is 0.265 e. The monoisotopic (exact) mass is 588 g/mol. The predicted octanol–water partition coefficient (Wildman–Crippen LogP) is 2.65. The van der Waals surface area contributed by atoms with E-state index in [1.807, 2.05) is 19.9 Å². The Balaban J connectivity index is 1.66. The molecule has 12 nitrogen and oxygen atoms in total. The highest BCUT2D eigenvalue weighted by atomic mass is 16.5. The van der Waals surface area contributed by atoms with E-state index in [-0.39, 0.29) is 29.8 Å². The van der Waals surface area contributed by atoms with Crippen LogP contribution in [0.15, 0.2) is 42.6 Å². The summed E-state index contributed by atoms with van der Waals surface area (Å²) in [6, 6.07) is 9.89. The number of aromatic nitrogens is 2. The summed E-state index contributed by atoms with van der Waals surface area (Å²) in [4.78, 5) is 56.8. The van der Waals surface area contributed by atoms with Crippen LogP contribution in [-0.2, 0) is 14.4 Å². The zero-order chi connectivity index (χ0) is 31.1. The van der Waals surface area contributed by atoms with Gasteiger partial charge in [-0.05, 0) is 55.9 Å². The van der Waals surface area contributed by atoms with Gasteiger partial charge in [0, 0.05) is 30.1 Å². The maximum atomic E-state index is 14.1. The number of carbonyl (C=O) groups excluding carboxylic acids is 4. The molecule has 3 amide bonds. The molecule has 0 saturated carbocycles. The molecule has 0 bridgehead atoms. The van der Waals surface area contributed by atoms with Crippen molar-refractivity contribution >= 4 is 34.4 Å². The smallest absolute Gasteiger partial charge is 0.265 e. The van der Waals surface area contributed by atoms with Gasteiger partial charge < -0.3 is 30.4 Å². The van der Waals surface area contributed by atoms with Crippen molar-refractivity contribution in [3.63, 3.8) is 0 Å². The lowest BCUT2D eigenvalue weighted by Gasteiger charge is -2.29. The number of benzene rings is 1. The van der Waals surface area contributed by atoms with E-state index >= 15 is 0 Å². The van der Waals surface area contributed by atoms with Crippen molar-refractivity contribution in [1.82, 2.24) is 20.2 Å². The van der Waals surface area contributed by atoms with Gasteiger partial charge >= 0.3 is 0 Å². The van der Waals surface area contributed by atoms with Crippen LogP contribution >= 0.6 is 0 Å². The quantitative estimate of drug-likeness (QED) is 0.273. The molecule has 4 N–H and O–H groups in total. The van der Waals surface area contributed by atoms with Crippen LogP contribution in [0.25, 0.3) is 10.9 Å². The third kappa shape index (κ3) is 7.30. The Bertz CT molecular complexity index is 1540. The van der Waals surface area contributed by atoms with Crippen molar-refractivity contribution < 1.29 is 28.7 Å². The summed E-state index contributed by atoms with van der Waals surface area (Å²) >= 11 is 0. The summed E-state index contributed by atoms with van der Waals surface area (Å²) in [6.45, 7) is 4.04. The molecule has 0 radical (unpaired) electrons. The summed E-state index contributed by atoms with van der Waals surface area (Å²) in [6.07, 6.45) is 3.08. The number of hydrogen-bond acceptors (Lipinski definition) is 8. The summed E-state index contributed by atoms with van der Waals surface area (Å²) in [5.41, 5.74) is 6.82. The van der Waals surface area contributed by atoms with Gasteiger partial charge in [-0.25, -0.2) is 4.98 Å². The number of Topliss-reactive ketones (excluding diaryl/α,β-unsaturated/α-hetero) is 1. The first kappa shape index (κ1) is 31.0. The fourth-order valence-electron chi connectivity index (χ4n) is 5.36. The van der Waals surface area contributed by atoms with Crippen LogP contribution in [0.3, 0.4) is 0 Å². The Morgan fingerprint density at radius 2 is 2.05 bits per heavy atom. The molecule has 0 aliphatic carbocycles. The predicted molar refractivity (Wildman–Crippen MR) is 157 cm³/mol. The van der Waals surface area contributed by atoms with E-state index in [0.717, 1.165) is 6.42 Å². The molecular formula is C31H36N6O6. The Labute approximate surface area is 249 Å². The third-order valence-corrected chi connectivity index (χ3v) is 7.48. The van der Waals surface area contributed by atoms with Gasteiger partial charge in [-0.2, -0.15) is 5.26 Å². The number of ether oxygens (including phenoxy) is 2. The average Bonchev–Trinajstić information content (AvgIpc) is 3.39. The van der Waals surface area contributed by atoms with Crippen LogP contribution in [0.2, 0.25) is 0 Å². The maximum absolute atomic E-state index is 14.1. The van der Waals surface area contributed by atoms with E-state index in [4.69, 9.17) is 20.5 Å². The molecule has 0 spiro atoms. The molecule has 1 aromatic carbocycles. The zero-order valence-electron chi connectivity index (χ0n) is 24.5. The van der Waals surface area contributed by atoms with E-state index in [0.29, 0.717) is 41.6 Å². The topological polar surface area (TPSA) is 178 Å². The van der Waals surface area contributed by atoms with E-state index in [1.54, 1.807) is 28.8 Å². The second kappa shape index (κ2) is 13.8. The third-order valence-electron chi connectivity index (χ3n) is 7.48. The Morgan fingerprint density at radius 3 is 2.67 bits per heavy atom. The number of pyridine rings is 1. The van der Waals surface area contributed by atoms with Crippen LogP contribution < -0.4 is 25.8 Å². The summed E-state index contributed by atoms with van der Waals surface area (Å²) < 4.78 is 12.7. The highest BCUT2D eigenvalue weighted by Crippen LogP contribution is 2.33. The van der Waals surface area contributed by atoms with Gasteiger partial charge in [0.1, 0.15) is 23.6 Å². The van der Waals surface area contributed by atoms with E-state index in [2.05, 4.69) is 15.6 Å². The first-order chi connectivity index (χ1) is 20.6. The molecule has 0 unspecified atom stereocenters. The number of nitrogens with zero attached hydrogens (tertiary/aromatic N) is 3. The number of piperidine rings is 1. The lowest BCUT2D eigenvalue weighted by molar-refractivity contribution is -0.133. The number of primary amides is 1. The molecular weight excluding hydrogens is 552 g/mol. The molecule has 1 aliphatic rings. The molecule has 1 aliphatic heterocycles. The summed E-state index contributed by atoms with van der Waals surface area (Å²) in [5.74, 6) is -1.61. The van der Waals surface area contributed by atoms with E-state index in [9.17, 15) is 19.2 Å². The van der Waals surface area contributed by atoms with Crippen LogP contribution in [0.5, 0.6) is 11.6 Å². The molecule has 4 rings (SSSR count). The molecule has 3 heterocycles. The Hall–Kier alpha value is -4.92. The summed E-state index contributed by atoms with van der Waals surface area (Å²) in [7, 11) is 1.52. The molecule has 3 atom stereocenters. The van der Waals surface area contributed by atoms with Gasteiger partial charge in [0.05, 0.1) is 24.2 Å². The van der Waals surface area contributed by atoms with Crippen molar-refractivity contribution in [2.75, 3.05) is 20.3 Å². The van der Waals surface area contributed by atoms with Gasteiger partial charge in [-0.1, -0.05) is 19.9 Å². The van der Waals surface area contributed by atoms with Crippen LogP contribution in [0.4, 0.5) is 0 Å². The molecule has 43 heavy (non-hydrogen) atoms. The van der Waals surface area contributed by atoms with Crippen LogP contribution in [0, 0.1) is 23.2 Å². The van der Waals surface area contributed by atoms with E-state index in [1.165, 1.54) is 25.4 Å². The number of nitrogens with two attached hydrogens (primary N) is 1. The minimum absolute atomic E-state index is 0.0311. The molecule has 1 saturated heterocycles. The van der Waals surface area contributed by atoms with Crippen molar-refractivity contribution in [3.8, 4) is 17.7 Å². The lowest BCUT2D eigenvalue weighted by atomic mass is 9.90. The van der Waals surface area contributed by atoms with Gasteiger partial charge in [-0.15, -0.1) is 0 Å².